The van der Waals surface area contributed by atoms with Crippen molar-refractivity contribution in [2.24, 2.45) is 0 Å². The molecule has 1 unspecified atom stereocenters. The quantitative estimate of drug-likeness (QED) is 0.391. The van der Waals surface area contributed by atoms with E-state index in [0.717, 1.165) is 23.1 Å². The Morgan fingerprint density at radius 1 is 0.743 bits per heavy atom. The standard InChI is InChI=1S/C28H31N2O4P/c31-27(29-20-11-19-26(29)35(32,33)34)25-18-10-21-30(25)28(22-12-4-1-5-13-22,23-14-6-2-7-15-23)24-16-8-3-9-17-24/h1-9,12-17,25-26H,10-11,18-21H2,(H2,32,33,34)/t25-,26?/m0/s1. The predicted molar refractivity (Wildman–Crippen MR) is 136 cm³/mol. The summed E-state index contributed by atoms with van der Waals surface area (Å²) in [6.07, 6.45) is 2.43. The fraction of sp³-hybridized carbons (Fsp3) is 0.321. The maximum Gasteiger partial charge on any atom is 0.347 e. The first-order valence-corrected chi connectivity index (χ1v) is 13.9. The molecular weight excluding hydrogens is 459 g/mol. The molecule has 2 heterocycles. The first kappa shape index (κ1) is 24.0. The number of benzene rings is 3. The van der Waals surface area contributed by atoms with E-state index >= 15 is 0 Å². The number of carbonyl (C=O) groups excluding carboxylic acids is 1. The molecule has 0 bridgehead atoms. The summed E-state index contributed by atoms with van der Waals surface area (Å²) in [4.78, 5) is 37.6. The van der Waals surface area contributed by atoms with Gasteiger partial charge in [0.2, 0.25) is 5.91 Å². The fourth-order valence-corrected chi connectivity index (χ4v) is 7.12. The summed E-state index contributed by atoms with van der Waals surface area (Å²) in [7, 11) is -4.41. The molecule has 182 valence electrons. The van der Waals surface area contributed by atoms with Crippen LogP contribution in [0.1, 0.15) is 42.4 Å². The highest BCUT2D eigenvalue weighted by Gasteiger charge is 2.51. The highest BCUT2D eigenvalue weighted by Crippen LogP contribution is 2.50. The van der Waals surface area contributed by atoms with Crippen LogP contribution < -0.4 is 0 Å². The number of rotatable bonds is 6. The van der Waals surface area contributed by atoms with E-state index in [9.17, 15) is 19.1 Å². The van der Waals surface area contributed by atoms with Crippen LogP contribution >= 0.6 is 7.60 Å². The van der Waals surface area contributed by atoms with Crippen molar-refractivity contribution in [3.63, 3.8) is 0 Å². The Labute approximate surface area is 206 Å². The summed E-state index contributed by atoms with van der Waals surface area (Å²) in [5.41, 5.74) is 2.46. The van der Waals surface area contributed by atoms with Crippen LogP contribution in [0.4, 0.5) is 0 Å². The van der Waals surface area contributed by atoms with E-state index in [2.05, 4.69) is 41.3 Å². The Kier molecular flexibility index (Phi) is 6.65. The zero-order valence-electron chi connectivity index (χ0n) is 19.6. The van der Waals surface area contributed by atoms with Gasteiger partial charge in [-0.2, -0.15) is 0 Å². The van der Waals surface area contributed by atoms with Crippen molar-refractivity contribution >= 4 is 13.5 Å². The first-order valence-electron chi connectivity index (χ1n) is 12.2. The number of nitrogens with zero attached hydrogens (tertiary/aromatic N) is 2. The average molecular weight is 491 g/mol. The number of hydrogen-bond acceptors (Lipinski definition) is 3. The lowest BCUT2D eigenvalue weighted by Crippen LogP contribution is -2.56. The lowest BCUT2D eigenvalue weighted by molar-refractivity contribution is -0.137. The maximum atomic E-state index is 14.0. The summed E-state index contributed by atoms with van der Waals surface area (Å²) in [6.45, 7) is 1.08. The molecule has 6 nitrogen and oxygen atoms in total. The van der Waals surface area contributed by atoms with Gasteiger partial charge in [0.15, 0.2) is 0 Å². The van der Waals surface area contributed by atoms with Crippen LogP contribution in [0, 0.1) is 0 Å². The molecule has 3 aromatic rings. The van der Waals surface area contributed by atoms with Crippen LogP contribution in [-0.4, -0.2) is 50.4 Å². The largest absolute Gasteiger partial charge is 0.347 e. The Morgan fingerprint density at radius 3 is 1.66 bits per heavy atom. The van der Waals surface area contributed by atoms with Crippen molar-refractivity contribution in [3.8, 4) is 0 Å². The third kappa shape index (κ3) is 4.25. The molecule has 2 saturated heterocycles. The third-order valence-corrected chi connectivity index (χ3v) is 8.75. The Bertz CT molecular complexity index is 1100. The molecule has 5 rings (SSSR count). The number of hydrogen-bond donors (Lipinski definition) is 2. The van der Waals surface area contributed by atoms with Crippen molar-refractivity contribution in [3.05, 3.63) is 108 Å². The average Bonchev–Trinajstić information content (AvgIpc) is 3.57. The van der Waals surface area contributed by atoms with Crippen molar-refractivity contribution in [1.82, 2.24) is 9.80 Å². The van der Waals surface area contributed by atoms with E-state index in [-0.39, 0.29) is 5.91 Å². The molecule has 2 fully saturated rings. The Hall–Kier alpha value is -2.76. The first-order chi connectivity index (χ1) is 16.9. The molecule has 0 aliphatic carbocycles. The molecule has 0 saturated carbocycles. The van der Waals surface area contributed by atoms with Gasteiger partial charge in [0.1, 0.15) is 5.78 Å². The monoisotopic (exact) mass is 490 g/mol. The van der Waals surface area contributed by atoms with Crippen LogP contribution in [0.25, 0.3) is 0 Å². The number of likely N-dealkylation sites (tertiary alicyclic amines) is 2. The summed E-state index contributed by atoms with van der Waals surface area (Å²) < 4.78 is 12.2. The van der Waals surface area contributed by atoms with Gasteiger partial charge in [-0.1, -0.05) is 91.0 Å². The van der Waals surface area contributed by atoms with Crippen molar-refractivity contribution < 1.29 is 19.1 Å². The van der Waals surface area contributed by atoms with E-state index in [0.29, 0.717) is 32.4 Å². The Morgan fingerprint density at radius 2 is 1.20 bits per heavy atom. The van der Waals surface area contributed by atoms with Gasteiger partial charge in [0.25, 0.3) is 0 Å². The van der Waals surface area contributed by atoms with Crippen LogP contribution in [-0.2, 0) is 14.9 Å². The highest BCUT2D eigenvalue weighted by molar-refractivity contribution is 7.52. The van der Waals surface area contributed by atoms with Crippen LogP contribution in [0.2, 0.25) is 0 Å². The van der Waals surface area contributed by atoms with Gasteiger partial charge in [-0.25, -0.2) is 0 Å². The van der Waals surface area contributed by atoms with Gasteiger partial charge in [-0.3, -0.25) is 14.3 Å². The van der Waals surface area contributed by atoms with E-state index in [4.69, 9.17) is 0 Å². The van der Waals surface area contributed by atoms with Crippen molar-refractivity contribution in [2.75, 3.05) is 13.1 Å². The Balaban J connectivity index is 1.68. The topological polar surface area (TPSA) is 81.1 Å². The molecule has 3 aromatic carbocycles. The maximum absolute atomic E-state index is 14.0. The van der Waals surface area contributed by atoms with Gasteiger partial charge >= 0.3 is 7.60 Å². The van der Waals surface area contributed by atoms with Crippen LogP contribution in [0.15, 0.2) is 91.0 Å². The van der Waals surface area contributed by atoms with E-state index in [1.807, 2.05) is 54.6 Å². The smallest absolute Gasteiger partial charge is 0.327 e. The summed E-state index contributed by atoms with van der Waals surface area (Å²) >= 11 is 0. The highest BCUT2D eigenvalue weighted by atomic mass is 31.2. The van der Waals surface area contributed by atoms with Crippen LogP contribution in [0.5, 0.6) is 0 Å². The minimum atomic E-state index is -4.41. The molecule has 0 aromatic heterocycles. The molecule has 0 radical (unpaired) electrons. The zero-order valence-corrected chi connectivity index (χ0v) is 20.5. The van der Waals surface area contributed by atoms with Gasteiger partial charge in [0.05, 0.1) is 11.6 Å². The van der Waals surface area contributed by atoms with Crippen LogP contribution in [0.3, 0.4) is 0 Å². The van der Waals surface area contributed by atoms with Gasteiger partial charge in [0, 0.05) is 13.1 Å². The second-order valence-corrected chi connectivity index (χ2v) is 11.2. The molecule has 7 heteroatoms. The van der Waals surface area contributed by atoms with E-state index < -0.39 is 25.0 Å². The SMILES string of the molecule is O=C([C@@H]1CCCN1C(c1ccccc1)(c1ccccc1)c1ccccc1)N1CCCC1P(=O)(O)O. The molecule has 2 aliphatic heterocycles. The van der Waals surface area contributed by atoms with Gasteiger partial charge in [-0.15, -0.1) is 0 Å². The summed E-state index contributed by atoms with van der Waals surface area (Å²) in [5, 5.41) is 0. The molecular formula is C28H31N2O4P. The molecule has 2 atom stereocenters. The molecule has 35 heavy (non-hydrogen) atoms. The molecule has 2 N–H and O–H groups in total. The number of carbonyl (C=O) groups is 1. The number of amides is 1. The molecule has 1 amide bonds. The van der Waals surface area contributed by atoms with E-state index in [1.165, 1.54) is 4.90 Å². The lowest BCUT2D eigenvalue weighted by Gasteiger charge is -2.47. The van der Waals surface area contributed by atoms with E-state index in [1.54, 1.807) is 0 Å². The second kappa shape index (κ2) is 9.71. The normalized spacial score (nSPS) is 21.4. The van der Waals surface area contributed by atoms with Crippen molar-refractivity contribution in [1.29, 1.82) is 0 Å². The summed E-state index contributed by atoms with van der Waals surface area (Å²) in [5.74, 6) is -1.21. The van der Waals surface area contributed by atoms with Gasteiger partial charge in [-0.05, 0) is 42.4 Å². The molecule has 2 aliphatic rings. The predicted octanol–water partition coefficient (Wildman–Crippen LogP) is 4.57. The van der Waals surface area contributed by atoms with Crippen molar-refractivity contribution in [2.45, 2.75) is 43.0 Å². The molecule has 0 spiro atoms. The fourth-order valence-electron chi connectivity index (χ4n) is 6.01. The second-order valence-electron chi connectivity index (χ2n) is 9.40. The minimum absolute atomic E-state index is 0.180. The third-order valence-electron chi connectivity index (χ3n) is 7.44. The minimum Gasteiger partial charge on any atom is -0.327 e. The lowest BCUT2D eigenvalue weighted by atomic mass is 9.75. The summed E-state index contributed by atoms with van der Waals surface area (Å²) in [6, 6.07) is 30.2. The van der Waals surface area contributed by atoms with Gasteiger partial charge < -0.3 is 14.7 Å². The zero-order chi connectivity index (χ0) is 24.5.